The number of alkyl halides is 3. The minimum absolute atomic E-state index is 0.0219. The second kappa shape index (κ2) is 5.31. The summed E-state index contributed by atoms with van der Waals surface area (Å²) in [5, 5.41) is 10.8. The highest BCUT2D eigenvalue weighted by molar-refractivity contribution is 5.27. The van der Waals surface area contributed by atoms with Gasteiger partial charge in [0.25, 0.3) is 0 Å². The Morgan fingerprint density at radius 1 is 1.24 bits per heavy atom. The molecule has 0 bridgehead atoms. The average Bonchev–Trinajstić information content (AvgIpc) is 2.23. The summed E-state index contributed by atoms with van der Waals surface area (Å²) in [4.78, 5) is 0. The highest BCUT2D eigenvalue weighted by Gasteiger charge is 2.41. The maximum Gasteiger partial charge on any atom is 0.416 e. The molecule has 1 fully saturated rings. The number of rotatable bonds is 2. The van der Waals surface area contributed by atoms with E-state index in [0.717, 1.165) is 18.6 Å². The topological polar surface area (TPSA) is 20.2 Å². The van der Waals surface area contributed by atoms with Crippen molar-refractivity contribution in [3.05, 3.63) is 35.4 Å². The molecule has 0 amide bonds. The van der Waals surface area contributed by atoms with Gasteiger partial charge in [0.2, 0.25) is 0 Å². The summed E-state index contributed by atoms with van der Waals surface area (Å²) in [6.07, 6.45) is -1.74. The monoisotopic (exact) mass is 300 g/mol. The van der Waals surface area contributed by atoms with Crippen LogP contribution in [0.3, 0.4) is 0 Å². The Hall–Kier alpha value is -1.03. The van der Waals surface area contributed by atoms with Crippen LogP contribution in [-0.2, 0) is 12.6 Å². The lowest BCUT2D eigenvalue weighted by atomic mass is 9.64. The molecular formula is C17H23F3O. The van der Waals surface area contributed by atoms with Crippen LogP contribution >= 0.6 is 0 Å². The molecule has 0 heterocycles. The van der Waals surface area contributed by atoms with Gasteiger partial charge in [-0.15, -0.1) is 0 Å². The van der Waals surface area contributed by atoms with Gasteiger partial charge in [-0.3, -0.25) is 0 Å². The molecule has 0 aliphatic heterocycles. The van der Waals surface area contributed by atoms with E-state index in [1.807, 2.05) is 0 Å². The van der Waals surface area contributed by atoms with Crippen molar-refractivity contribution in [3.63, 3.8) is 0 Å². The third-order valence-corrected chi connectivity index (χ3v) is 4.22. The highest BCUT2D eigenvalue weighted by Crippen LogP contribution is 2.45. The van der Waals surface area contributed by atoms with E-state index in [1.54, 1.807) is 6.07 Å². The highest BCUT2D eigenvalue weighted by atomic mass is 19.4. The molecule has 1 aliphatic rings. The number of hydrogen-bond acceptors (Lipinski definition) is 1. The molecule has 118 valence electrons. The molecule has 1 nitrogen and oxygen atoms in total. The van der Waals surface area contributed by atoms with Crippen molar-refractivity contribution >= 4 is 0 Å². The van der Waals surface area contributed by atoms with Gasteiger partial charge >= 0.3 is 6.18 Å². The Morgan fingerprint density at radius 3 is 2.48 bits per heavy atom. The third kappa shape index (κ3) is 4.22. The van der Waals surface area contributed by atoms with Gasteiger partial charge in [-0.1, -0.05) is 39.0 Å². The number of aliphatic hydroxyl groups is 1. The first-order chi connectivity index (χ1) is 9.49. The predicted molar refractivity (Wildman–Crippen MR) is 76.9 cm³/mol. The fraction of sp³-hybridized carbons (Fsp3) is 0.647. The van der Waals surface area contributed by atoms with E-state index in [1.165, 1.54) is 6.07 Å². The normalized spacial score (nSPS) is 29.4. The van der Waals surface area contributed by atoms with Crippen LogP contribution < -0.4 is 0 Å². The summed E-state index contributed by atoms with van der Waals surface area (Å²) < 4.78 is 38.3. The molecule has 0 aromatic heterocycles. The van der Waals surface area contributed by atoms with Crippen molar-refractivity contribution in [1.29, 1.82) is 0 Å². The Kier molecular flexibility index (Phi) is 4.13. The molecule has 2 rings (SSSR count). The second-order valence-corrected chi connectivity index (χ2v) is 7.45. The molecule has 1 aromatic carbocycles. The predicted octanol–water partition coefficient (Wildman–Crippen LogP) is 4.83. The second-order valence-electron chi connectivity index (χ2n) is 7.45. The summed E-state index contributed by atoms with van der Waals surface area (Å²) in [5.41, 5.74) is -0.983. The fourth-order valence-corrected chi connectivity index (χ4v) is 4.07. The summed E-state index contributed by atoms with van der Waals surface area (Å²) >= 11 is 0. The van der Waals surface area contributed by atoms with Crippen LogP contribution in [0.2, 0.25) is 0 Å². The Morgan fingerprint density at radius 2 is 1.90 bits per heavy atom. The molecule has 1 N–H and O–H groups in total. The van der Waals surface area contributed by atoms with Crippen molar-refractivity contribution in [2.75, 3.05) is 0 Å². The van der Waals surface area contributed by atoms with Crippen molar-refractivity contribution in [2.24, 2.45) is 11.3 Å². The first-order valence-electron chi connectivity index (χ1n) is 7.38. The molecular weight excluding hydrogens is 277 g/mol. The smallest absolute Gasteiger partial charge is 0.390 e. The van der Waals surface area contributed by atoms with Crippen molar-refractivity contribution in [2.45, 2.75) is 58.2 Å². The minimum atomic E-state index is -4.34. The summed E-state index contributed by atoms with van der Waals surface area (Å²) in [6, 6.07) is 5.31. The lowest BCUT2D eigenvalue weighted by Crippen LogP contribution is -2.43. The standard InChI is InChI=1S/C17H23F3O/c1-12-8-15(2,3)11-16(21,9-12)10-13-5-4-6-14(7-13)17(18,19)20/h4-7,12,21H,8-11H2,1-3H3. The number of hydrogen-bond donors (Lipinski definition) is 1. The minimum Gasteiger partial charge on any atom is -0.390 e. The van der Waals surface area contributed by atoms with Gasteiger partial charge < -0.3 is 5.11 Å². The van der Waals surface area contributed by atoms with Crippen LogP contribution in [0.5, 0.6) is 0 Å². The van der Waals surface area contributed by atoms with E-state index in [9.17, 15) is 18.3 Å². The SMILES string of the molecule is CC1CC(C)(C)CC(O)(Cc2cccc(C(F)(F)F)c2)C1. The summed E-state index contributed by atoms with van der Waals surface area (Å²) in [7, 11) is 0. The van der Waals surface area contributed by atoms with Crippen LogP contribution in [0.4, 0.5) is 13.2 Å². The first kappa shape index (κ1) is 16.3. The van der Waals surface area contributed by atoms with Gasteiger partial charge in [0.1, 0.15) is 0 Å². The van der Waals surface area contributed by atoms with Gasteiger partial charge in [-0.2, -0.15) is 13.2 Å². The van der Waals surface area contributed by atoms with Gasteiger partial charge in [0, 0.05) is 6.42 Å². The maximum absolute atomic E-state index is 12.8. The molecule has 1 saturated carbocycles. The summed E-state index contributed by atoms with van der Waals surface area (Å²) in [5.74, 6) is 0.379. The zero-order chi connectivity index (χ0) is 15.9. The molecule has 1 aliphatic carbocycles. The molecule has 2 unspecified atom stereocenters. The van der Waals surface area contributed by atoms with E-state index in [2.05, 4.69) is 20.8 Å². The zero-order valence-corrected chi connectivity index (χ0v) is 12.8. The largest absolute Gasteiger partial charge is 0.416 e. The quantitative estimate of drug-likeness (QED) is 0.829. The molecule has 21 heavy (non-hydrogen) atoms. The third-order valence-electron chi connectivity index (χ3n) is 4.22. The molecule has 2 atom stereocenters. The van der Waals surface area contributed by atoms with Crippen LogP contribution in [0.1, 0.15) is 51.2 Å². The molecule has 4 heteroatoms. The van der Waals surface area contributed by atoms with Crippen molar-refractivity contribution in [1.82, 2.24) is 0 Å². The van der Waals surface area contributed by atoms with Gasteiger partial charge in [-0.05, 0) is 42.2 Å². The van der Waals surface area contributed by atoms with Crippen molar-refractivity contribution < 1.29 is 18.3 Å². The van der Waals surface area contributed by atoms with E-state index >= 15 is 0 Å². The average molecular weight is 300 g/mol. The van der Waals surface area contributed by atoms with Gasteiger partial charge in [0.15, 0.2) is 0 Å². The lowest BCUT2D eigenvalue weighted by Gasteiger charge is -2.45. The molecule has 0 saturated heterocycles. The van der Waals surface area contributed by atoms with E-state index in [-0.39, 0.29) is 11.8 Å². The van der Waals surface area contributed by atoms with Gasteiger partial charge in [-0.25, -0.2) is 0 Å². The van der Waals surface area contributed by atoms with Gasteiger partial charge in [0.05, 0.1) is 11.2 Å². The van der Waals surface area contributed by atoms with E-state index in [4.69, 9.17) is 0 Å². The Balaban J connectivity index is 2.21. The lowest BCUT2D eigenvalue weighted by molar-refractivity contribution is -0.137. The van der Waals surface area contributed by atoms with Crippen LogP contribution in [0, 0.1) is 11.3 Å². The van der Waals surface area contributed by atoms with E-state index in [0.29, 0.717) is 24.3 Å². The first-order valence-corrected chi connectivity index (χ1v) is 7.38. The zero-order valence-electron chi connectivity index (χ0n) is 12.8. The maximum atomic E-state index is 12.8. The van der Waals surface area contributed by atoms with Crippen LogP contribution in [0.25, 0.3) is 0 Å². The molecule has 1 aromatic rings. The van der Waals surface area contributed by atoms with E-state index < -0.39 is 17.3 Å². The fourth-order valence-electron chi connectivity index (χ4n) is 4.07. The Labute approximate surface area is 124 Å². The Bertz CT molecular complexity index is 507. The summed E-state index contributed by atoms with van der Waals surface area (Å²) in [6.45, 7) is 6.32. The van der Waals surface area contributed by atoms with Crippen LogP contribution in [0.15, 0.2) is 24.3 Å². The number of benzene rings is 1. The molecule has 0 radical (unpaired) electrons. The van der Waals surface area contributed by atoms with Crippen LogP contribution in [-0.4, -0.2) is 10.7 Å². The van der Waals surface area contributed by atoms with Crippen molar-refractivity contribution in [3.8, 4) is 0 Å². The number of halogens is 3. The molecule has 0 spiro atoms.